The molecule has 0 aliphatic rings. The molecule has 0 saturated heterocycles. The van der Waals surface area contributed by atoms with Crippen LogP contribution in [0.4, 0.5) is 5.69 Å². The minimum absolute atomic E-state index is 0.0808. The number of thiazole rings is 1. The molecule has 1 amide bonds. The van der Waals surface area contributed by atoms with E-state index in [1.54, 1.807) is 28.9 Å². The van der Waals surface area contributed by atoms with Gasteiger partial charge in [-0.25, -0.2) is 9.97 Å². The molecular formula is C26H22N4O2S2. The second-order valence-corrected chi connectivity index (χ2v) is 9.66. The number of carbonyl (C=O) groups is 1. The number of carbonyl (C=O) groups excluding carboxylic acids is 1. The smallest absolute Gasteiger partial charge is 0.229 e. The third kappa shape index (κ3) is 5.08. The predicted molar refractivity (Wildman–Crippen MR) is 137 cm³/mol. The van der Waals surface area contributed by atoms with E-state index in [9.17, 15) is 4.79 Å². The Labute approximate surface area is 205 Å². The van der Waals surface area contributed by atoms with Crippen molar-refractivity contribution in [2.24, 2.45) is 7.05 Å². The van der Waals surface area contributed by atoms with Crippen LogP contribution >= 0.6 is 22.7 Å². The highest BCUT2D eigenvalue weighted by atomic mass is 32.1. The zero-order chi connectivity index (χ0) is 23.3. The summed E-state index contributed by atoms with van der Waals surface area (Å²) >= 11 is 3.19. The molecule has 0 bridgehead atoms. The summed E-state index contributed by atoms with van der Waals surface area (Å²) in [6.07, 6.45) is 3.88. The van der Waals surface area contributed by atoms with Gasteiger partial charge in [0.15, 0.2) is 0 Å². The van der Waals surface area contributed by atoms with Gasteiger partial charge in [-0.1, -0.05) is 36.4 Å². The van der Waals surface area contributed by atoms with Crippen molar-refractivity contribution in [3.05, 3.63) is 95.2 Å². The number of thiophene rings is 1. The van der Waals surface area contributed by atoms with Crippen LogP contribution in [0.2, 0.25) is 0 Å². The van der Waals surface area contributed by atoms with Crippen LogP contribution in [-0.2, 0) is 24.9 Å². The zero-order valence-corrected chi connectivity index (χ0v) is 20.1. The fourth-order valence-corrected chi connectivity index (χ4v) is 5.34. The van der Waals surface area contributed by atoms with Crippen molar-refractivity contribution in [3.8, 4) is 26.9 Å². The molecule has 0 atom stereocenters. The molecular weight excluding hydrogens is 464 g/mol. The summed E-state index contributed by atoms with van der Waals surface area (Å²) in [7, 11) is 1.93. The van der Waals surface area contributed by atoms with E-state index in [-0.39, 0.29) is 12.3 Å². The van der Waals surface area contributed by atoms with Gasteiger partial charge in [0.2, 0.25) is 5.91 Å². The molecule has 0 fully saturated rings. The van der Waals surface area contributed by atoms with Gasteiger partial charge in [-0.05, 0) is 35.7 Å². The molecule has 0 unspecified atom stereocenters. The summed E-state index contributed by atoms with van der Waals surface area (Å²) in [5.74, 6) is 1.48. The van der Waals surface area contributed by atoms with Gasteiger partial charge in [0, 0.05) is 35.6 Å². The Bertz CT molecular complexity index is 1370. The normalized spacial score (nSPS) is 10.9. The molecule has 1 N–H and O–H groups in total. The molecule has 6 nitrogen and oxygen atoms in total. The molecule has 5 aromatic rings. The highest BCUT2D eigenvalue weighted by molar-refractivity contribution is 7.17. The predicted octanol–water partition coefficient (Wildman–Crippen LogP) is 6.03. The van der Waals surface area contributed by atoms with Crippen LogP contribution in [0.1, 0.15) is 10.7 Å². The third-order valence-corrected chi connectivity index (χ3v) is 7.20. The number of hydrogen-bond donors (Lipinski definition) is 1. The number of benzene rings is 2. The molecule has 3 heterocycles. The molecule has 5 rings (SSSR count). The number of imidazole rings is 1. The first kappa shape index (κ1) is 22.1. The average molecular weight is 487 g/mol. The Morgan fingerprint density at radius 3 is 2.59 bits per heavy atom. The second-order valence-electron chi connectivity index (χ2n) is 7.63. The van der Waals surface area contributed by atoms with Crippen LogP contribution in [0.25, 0.3) is 21.1 Å². The molecule has 0 aliphatic carbocycles. The number of nitrogens with zero attached hydrogens (tertiary/aromatic N) is 3. The van der Waals surface area contributed by atoms with Crippen LogP contribution in [0.3, 0.4) is 0 Å². The maximum absolute atomic E-state index is 12.9. The van der Waals surface area contributed by atoms with Crippen molar-refractivity contribution in [1.29, 1.82) is 0 Å². The molecule has 170 valence electrons. The summed E-state index contributed by atoms with van der Waals surface area (Å²) in [4.78, 5) is 24.0. The van der Waals surface area contributed by atoms with Crippen LogP contribution < -0.4 is 10.1 Å². The van der Waals surface area contributed by atoms with Crippen LogP contribution in [0.5, 0.6) is 5.75 Å². The van der Waals surface area contributed by atoms with Crippen molar-refractivity contribution in [1.82, 2.24) is 14.5 Å². The number of rotatable bonds is 8. The van der Waals surface area contributed by atoms with Crippen LogP contribution in [-0.4, -0.2) is 20.4 Å². The largest absolute Gasteiger partial charge is 0.486 e. The number of amides is 1. The monoisotopic (exact) mass is 486 g/mol. The Balaban J connectivity index is 1.27. The lowest BCUT2D eigenvalue weighted by Gasteiger charge is -2.08. The second kappa shape index (κ2) is 10.0. The van der Waals surface area contributed by atoms with Gasteiger partial charge in [-0.15, -0.1) is 22.7 Å². The first-order valence-electron chi connectivity index (χ1n) is 10.7. The lowest BCUT2D eigenvalue weighted by molar-refractivity contribution is -0.115. The molecule has 0 aliphatic heterocycles. The first-order valence-corrected chi connectivity index (χ1v) is 12.4. The fourth-order valence-electron chi connectivity index (χ4n) is 3.45. The highest BCUT2D eigenvalue weighted by Gasteiger charge is 2.18. The maximum Gasteiger partial charge on any atom is 0.229 e. The molecule has 34 heavy (non-hydrogen) atoms. The van der Waals surface area contributed by atoms with E-state index in [0.29, 0.717) is 6.61 Å². The maximum atomic E-state index is 12.9. The van der Waals surface area contributed by atoms with E-state index in [1.165, 1.54) is 0 Å². The Morgan fingerprint density at radius 2 is 1.88 bits per heavy atom. The van der Waals surface area contributed by atoms with E-state index in [2.05, 4.69) is 10.3 Å². The number of ether oxygens (including phenoxy) is 1. The van der Waals surface area contributed by atoms with E-state index in [0.717, 1.165) is 43.3 Å². The number of aromatic nitrogens is 3. The lowest BCUT2D eigenvalue weighted by Crippen LogP contribution is -2.14. The van der Waals surface area contributed by atoms with Crippen LogP contribution in [0.15, 0.2) is 84.5 Å². The number of hydrogen-bond acceptors (Lipinski definition) is 6. The van der Waals surface area contributed by atoms with E-state index in [4.69, 9.17) is 9.72 Å². The van der Waals surface area contributed by atoms with Gasteiger partial charge >= 0.3 is 0 Å². The summed E-state index contributed by atoms with van der Waals surface area (Å²) in [6.45, 7) is 0.385. The first-order chi connectivity index (χ1) is 16.7. The van der Waals surface area contributed by atoms with E-state index < -0.39 is 0 Å². The molecule has 8 heteroatoms. The quantitative estimate of drug-likeness (QED) is 0.291. The summed E-state index contributed by atoms with van der Waals surface area (Å²) < 4.78 is 7.71. The van der Waals surface area contributed by atoms with Gasteiger partial charge in [0.25, 0.3) is 0 Å². The molecule has 0 radical (unpaired) electrons. The molecule has 0 spiro atoms. The number of nitrogens with one attached hydrogen (secondary N) is 1. The van der Waals surface area contributed by atoms with Gasteiger partial charge in [-0.2, -0.15) is 0 Å². The van der Waals surface area contributed by atoms with Crippen molar-refractivity contribution < 1.29 is 9.53 Å². The minimum Gasteiger partial charge on any atom is -0.486 e. The SMILES string of the molecule is Cn1ccnc1COc1ccc(NC(=O)Cc2sc(-c3ccccc3)nc2-c2cccs2)cc1. The van der Waals surface area contributed by atoms with Crippen molar-refractivity contribution in [2.75, 3.05) is 5.32 Å². The van der Waals surface area contributed by atoms with Gasteiger partial charge in [0.1, 0.15) is 23.2 Å². The molecule has 2 aromatic carbocycles. The lowest BCUT2D eigenvalue weighted by atomic mass is 10.2. The van der Waals surface area contributed by atoms with Crippen molar-refractivity contribution >= 4 is 34.3 Å². The van der Waals surface area contributed by atoms with Gasteiger partial charge in [0.05, 0.1) is 17.0 Å². The zero-order valence-electron chi connectivity index (χ0n) is 18.5. The summed E-state index contributed by atoms with van der Waals surface area (Å²) in [5, 5.41) is 5.93. The van der Waals surface area contributed by atoms with Crippen LogP contribution in [0, 0.1) is 0 Å². The third-order valence-electron chi connectivity index (χ3n) is 5.22. The standard InChI is InChI=1S/C26H22N4O2S2/c1-30-14-13-27-23(30)17-32-20-11-9-19(10-12-20)28-24(31)16-22-25(21-8-5-15-33-21)29-26(34-22)18-6-3-2-4-7-18/h2-15H,16-17H2,1H3,(H,28,31). The Morgan fingerprint density at radius 1 is 1.06 bits per heavy atom. The van der Waals surface area contributed by atoms with Gasteiger partial charge in [-0.3, -0.25) is 4.79 Å². The Hall–Kier alpha value is -3.75. The molecule has 3 aromatic heterocycles. The summed E-state index contributed by atoms with van der Waals surface area (Å²) in [6, 6.07) is 21.5. The average Bonchev–Trinajstić information content (AvgIpc) is 3.61. The van der Waals surface area contributed by atoms with Crippen molar-refractivity contribution in [3.63, 3.8) is 0 Å². The molecule has 0 saturated carbocycles. The minimum atomic E-state index is -0.0808. The van der Waals surface area contributed by atoms with E-state index >= 15 is 0 Å². The fraction of sp³-hybridized carbons (Fsp3) is 0.115. The summed E-state index contributed by atoms with van der Waals surface area (Å²) in [5.41, 5.74) is 2.66. The number of anilines is 1. The number of aryl methyl sites for hydroxylation is 1. The Kier molecular flexibility index (Phi) is 6.51. The topological polar surface area (TPSA) is 69.0 Å². The highest BCUT2D eigenvalue weighted by Crippen LogP contribution is 2.36. The van der Waals surface area contributed by atoms with E-state index in [1.807, 2.05) is 89.9 Å². The van der Waals surface area contributed by atoms with Crippen molar-refractivity contribution in [2.45, 2.75) is 13.0 Å². The van der Waals surface area contributed by atoms with Gasteiger partial charge < -0.3 is 14.6 Å².